The van der Waals surface area contributed by atoms with Gasteiger partial charge in [0.1, 0.15) is 12.4 Å². The van der Waals surface area contributed by atoms with Gasteiger partial charge in [0.15, 0.2) is 5.75 Å². The molecule has 2 aromatic heterocycles. The average molecular weight is 412 g/mol. The molecular weight excluding hydrogens is 384 g/mol. The highest BCUT2D eigenvalue weighted by molar-refractivity contribution is 5.69. The van der Waals surface area contributed by atoms with E-state index in [-0.39, 0.29) is 24.3 Å². The highest BCUT2D eigenvalue weighted by Gasteiger charge is 2.45. The monoisotopic (exact) mass is 412 g/mol. The molecule has 0 aromatic carbocycles. The van der Waals surface area contributed by atoms with E-state index in [2.05, 4.69) is 15.0 Å². The molecule has 2 bridgehead atoms. The van der Waals surface area contributed by atoms with Crippen molar-refractivity contribution in [3.63, 3.8) is 0 Å². The van der Waals surface area contributed by atoms with Crippen molar-refractivity contribution in [2.45, 2.75) is 71.1 Å². The number of carbonyl (C=O) groups excluding carboxylic acids is 1. The van der Waals surface area contributed by atoms with Crippen LogP contribution in [-0.2, 0) is 4.74 Å². The van der Waals surface area contributed by atoms with Gasteiger partial charge in [-0.2, -0.15) is 0 Å². The van der Waals surface area contributed by atoms with Gasteiger partial charge in [0.2, 0.25) is 11.8 Å². The summed E-state index contributed by atoms with van der Waals surface area (Å²) < 4.78 is 17.6. The molecule has 2 aliphatic heterocycles. The highest BCUT2D eigenvalue weighted by Crippen LogP contribution is 2.38. The standard InChI is InChI=1S/C22H28N4O4/c1-4-10-28-22(27)26-16-7-8-17(26)12-18(11-16)29-20-14(2)21(25-13-24-20)30-19-6-5-9-23-15(19)3/h5-6,9,13,16-18H,4,7-8,10-12H2,1-3H3. The summed E-state index contributed by atoms with van der Waals surface area (Å²) in [5.74, 6) is 1.63. The lowest BCUT2D eigenvalue weighted by Gasteiger charge is -2.38. The van der Waals surface area contributed by atoms with E-state index >= 15 is 0 Å². The molecule has 2 unspecified atom stereocenters. The van der Waals surface area contributed by atoms with Gasteiger partial charge in [-0.05, 0) is 45.2 Å². The number of amides is 1. The van der Waals surface area contributed by atoms with Crippen LogP contribution in [0.5, 0.6) is 17.5 Å². The number of piperidine rings is 1. The Morgan fingerprint density at radius 1 is 1.13 bits per heavy atom. The van der Waals surface area contributed by atoms with Crippen molar-refractivity contribution in [2.75, 3.05) is 6.61 Å². The molecule has 2 fully saturated rings. The summed E-state index contributed by atoms with van der Waals surface area (Å²) in [7, 11) is 0. The van der Waals surface area contributed by atoms with E-state index in [4.69, 9.17) is 14.2 Å². The van der Waals surface area contributed by atoms with Crippen LogP contribution in [-0.4, -0.2) is 50.7 Å². The number of nitrogens with zero attached hydrogens (tertiary/aromatic N) is 4. The fourth-order valence-corrected chi connectivity index (χ4v) is 4.27. The van der Waals surface area contributed by atoms with Gasteiger partial charge in [0.05, 0.1) is 17.9 Å². The van der Waals surface area contributed by atoms with Crippen LogP contribution in [0.2, 0.25) is 0 Å². The van der Waals surface area contributed by atoms with Crippen molar-refractivity contribution in [1.29, 1.82) is 0 Å². The van der Waals surface area contributed by atoms with Gasteiger partial charge < -0.3 is 19.1 Å². The Hall–Kier alpha value is -2.90. The maximum Gasteiger partial charge on any atom is 0.410 e. The van der Waals surface area contributed by atoms with Crippen LogP contribution >= 0.6 is 0 Å². The molecule has 0 saturated carbocycles. The molecule has 4 heterocycles. The van der Waals surface area contributed by atoms with Crippen LogP contribution in [0.3, 0.4) is 0 Å². The van der Waals surface area contributed by atoms with Gasteiger partial charge >= 0.3 is 6.09 Å². The zero-order valence-electron chi connectivity index (χ0n) is 17.7. The number of carbonyl (C=O) groups is 1. The van der Waals surface area contributed by atoms with Gasteiger partial charge in [-0.15, -0.1) is 0 Å². The first-order valence-electron chi connectivity index (χ1n) is 10.6. The van der Waals surface area contributed by atoms with Crippen molar-refractivity contribution in [2.24, 2.45) is 0 Å². The molecule has 2 saturated heterocycles. The molecule has 8 heteroatoms. The zero-order valence-corrected chi connectivity index (χ0v) is 17.7. The van der Waals surface area contributed by atoms with Crippen LogP contribution in [0.4, 0.5) is 4.79 Å². The summed E-state index contributed by atoms with van der Waals surface area (Å²) in [5.41, 5.74) is 1.54. The summed E-state index contributed by atoms with van der Waals surface area (Å²) in [6.07, 6.45) is 7.35. The maximum absolute atomic E-state index is 12.4. The van der Waals surface area contributed by atoms with Gasteiger partial charge in [0, 0.05) is 31.1 Å². The molecule has 0 spiro atoms. The molecule has 0 radical (unpaired) electrons. The van der Waals surface area contributed by atoms with Gasteiger partial charge in [-0.25, -0.2) is 14.8 Å². The smallest absolute Gasteiger partial charge is 0.410 e. The van der Waals surface area contributed by atoms with Crippen LogP contribution in [0, 0.1) is 13.8 Å². The lowest BCUT2D eigenvalue weighted by atomic mass is 10.0. The minimum Gasteiger partial charge on any atom is -0.474 e. The van der Waals surface area contributed by atoms with Crippen LogP contribution in [0.15, 0.2) is 24.7 Å². The highest BCUT2D eigenvalue weighted by atomic mass is 16.6. The molecule has 2 atom stereocenters. The molecule has 8 nitrogen and oxygen atoms in total. The summed E-state index contributed by atoms with van der Waals surface area (Å²) in [6.45, 7) is 6.24. The predicted molar refractivity (Wildman–Crippen MR) is 110 cm³/mol. The van der Waals surface area contributed by atoms with Crippen LogP contribution in [0.1, 0.15) is 50.3 Å². The lowest BCUT2D eigenvalue weighted by molar-refractivity contribution is 0.0317. The zero-order chi connectivity index (χ0) is 21.1. The Kier molecular flexibility index (Phi) is 6.01. The van der Waals surface area contributed by atoms with Crippen molar-refractivity contribution in [3.05, 3.63) is 35.9 Å². The average Bonchev–Trinajstić information content (AvgIpc) is 3.01. The van der Waals surface area contributed by atoms with Gasteiger partial charge in [-0.3, -0.25) is 4.98 Å². The second-order valence-electron chi connectivity index (χ2n) is 7.92. The number of rotatable bonds is 6. The minimum absolute atomic E-state index is 0.000645. The molecular formula is C22H28N4O4. The van der Waals surface area contributed by atoms with E-state index in [1.54, 1.807) is 6.20 Å². The van der Waals surface area contributed by atoms with Crippen molar-refractivity contribution < 1.29 is 19.0 Å². The Morgan fingerprint density at radius 2 is 1.87 bits per heavy atom. The van der Waals surface area contributed by atoms with Crippen LogP contribution < -0.4 is 9.47 Å². The molecule has 0 N–H and O–H groups in total. The topological polar surface area (TPSA) is 86.7 Å². The Labute approximate surface area is 176 Å². The van der Waals surface area contributed by atoms with Crippen molar-refractivity contribution in [3.8, 4) is 17.5 Å². The summed E-state index contributed by atoms with van der Waals surface area (Å²) in [6, 6.07) is 4.00. The third-order valence-electron chi connectivity index (χ3n) is 5.77. The molecule has 2 aromatic rings. The Bertz CT molecular complexity index is 892. The van der Waals surface area contributed by atoms with E-state index in [1.165, 1.54) is 6.33 Å². The predicted octanol–water partition coefficient (Wildman–Crippen LogP) is 4.20. The first-order chi connectivity index (χ1) is 14.6. The molecule has 0 aliphatic carbocycles. The first-order valence-corrected chi connectivity index (χ1v) is 10.6. The number of fused-ring (bicyclic) bond motifs is 2. The molecule has 160 valence electrons. The van der Waals surface area contributed by atoms with E-state index in [0.717, 1.165) is 43.4 Å². The second-order valence-corrected chi connectivity index (χ2v) is 7.92. The van der Waals surface area contributed by atoms with E-state index in [1.807, 2.05) is 37.8 Å². The number of hydrogen-bond acceptors (Lipinski definition) is 7. The Morgan fingerprint density at radius 3 is 2.57 bits per heavy atom. The van der Waals surface area contributed by atoms with Crippen molar-refractivity contribution in [1.82, 2.24) is 19.9 Å². The van der Waals surface area contributed by atoms with E-state index < -0.39 is 0 Å². The SMILES string of the molecule is CCCOC(=O)N1C2CCC1CC(Oc1ncnc(Oc3cccnc3C)c1C)C2. The molecule has 1 amide bonds. The van der Waals surface area contributed by atoms with Gasteiger partial charge in [-0.1, -0.05) is 6.92 Å². The minimum atomic E-state index is -0.191. The molecule has 30 heavy (non-hydrogen) atoms. The maximum atomic E-state index is 12.4. The number of hydrogen-bond donors (Lipinski definition) is 0. The third-order valence-corrected chi connectivity index (χ3v) is 5.77. The van der Waals surface area contributed by atoms with E-state index in [0.29, 0.717) is 24.1 Å². The van der Waals surface area contributed by atoms with Gasteiger partial charge in [0.25, 0.3) is 0 Å². The number of pyridine rings is 1. The number of ether oxygens (including phenoxy) is 3. The summed E-state index contributed by atoms with van der Waals surface area (Å²) >= 11 is 0. The number of aromatic nitrogens is 3. The van der Waals surface area contributed by atoms with Crippen LogP contribution in [0.25, 0.3) is 0 Å². The third kappa shape index (κ3) is 4.17. The normalized spacial score (nSPS) is 22.6. The second kappa shape index (κ2) is 8.85. The summed E-state index contributed by atoms with van der Waals surface area (Å²) in [5, 5.41) is 0. The fourth-order valence-electron chi connectivity index (χ4n) is 4.27. The Balaban J connectivity index is 1.43. The quantitative estimate of drug-likeness (QED) is 0.703. The molecule has 2 aliphatic rings. The largest absolute Gasteiger partial charge is 0.474 e. The molecule has 4 rings (SSSR count). The summed E-state index contributed by atoms with van der Waals surface area (Å²) in [4.78, 5) is 27.2. The fraction of sp³-hybridized carbons (Fsp3) is 0.545. The number of aryl methyl sites for hydroxylation is 1. The first kappa shape index (κ1) is 20.4. The van der Waals surface area contributed by atoms with Crippen molar-refractivity contribution >= 4 is 6.09 Å². The van der Waals surface area contributed by atoms with E-state index in [9.17, 15) is 4.79 Å². The lowest BCUT2D eigenvalue weighted by Crippen LogP contribution is -2.49.